The lowest BCUT2D eigenvalue weighted by Gasteiger charge is -2.32. The second kappa shape index (κ2) is 9.58. The second-order valence-corrected chi connectivity index (χ2v) is 7.92. The first-order valence-corrected chi connectivity index (χ1v) is 10.6. The minimum atomic E-state index is -0.408. The first-order valence-electron chi connectivity index (χ1n) is 10.6. The summed E-state index contributed by atoms with van der Waals surface area (Å²) in [4.78, 5) is 30.1. The number of anilines is 1. The molecular formula is C26H27N3O2. The molecule has 31 heavy (non-hydrogen) atoms. The van der Waals surface area contributed by atoms with Crippen molar-refractivity contribution in [2.75, 3.05) is 38.5 Å². The molecule has 158 valence electrons. The van der Waals surface area contributed by atoms with Crippen molar-refractivity contribution in [1.82, 2.24) is 9.80 Å². The Morgan fingerprint density at radius 3 is 1.77 bits per heavy atom. The molecule has 0 radical (unpaired) electrons. The van der Waals surface area contributed by atoms with Gasteiger partial charge in [0, 0.05) is 37.4 Å². The molecule has 0 aromatic heterocycles. The highest BCUT2D eigenvalue weighted by molar-refractivity contribution is 5.99. The van der Waals surface area contributed by atoms with Crippen molar-refractivity contribution in [1.29, 1.82) is 0 Å². The summed E-state index contributed by atoms with van der Waals surface area (Å²) in [5.74, 6) is -0.470. The lowest BCUT2D eigenvalue weighted by molar-refractivity contribution is -0.116. The van der Waals surface area contributed by atoms with Gasteiger partial charge in [0.15, 0.2) is 0 Å². The zero-order valence-electron chi connectivity index (χ0n) is 17.7. The number of amides is 2. The van der Waals surface area contributed by atoms with E-state index in [0.717, 1.165) is 37.3 Å². The van der Waals surface area contributed by atoms with Gasteiger partial charge in [0.2, 0.25) is 5.91 Å². The number of likely N-dealkylation sites (N-methyl/N-ethyl adjacent to an activating group) is 1. The SMILES string of the molecule is CN1CCN(C(=O)c2ccc(NC(=O)C(c3ccccc3)c3ccccc3)cc2)CC1. The van der Waals surface area contributed by atoms with Crippen LogP contribution in [0.4, 0.5) is 5.69 Å². The molecule has 1 fully saturated rings. The summed E-state index contributed by atoms with van der Waals surface area (Å²) in [7, 11) is 2.07. The molecule has 5 nitrogen and oxygen atoms in total. The maximum atomic E-state index is 13.2. The van der Waals surface area contributed by atoms with E-state index in [2.05, 4.69) is 17.3 Å². The number of hydrogen-bond donors (Lipinski definition) is 1. The Kier molecular flexibility index (Phi) is 6.43. The smallest absolute Gasteiger partial charge is 0.253 e. The van der Waals surface area contributed by atoms with Crippen LogP contribution in [0, 0.1) is 0 Å². The van der Waals surface area contributed by atoms with Gasteiger partial charge in [0.1, 0.15) is 0 Å². The van der Waals surface area contributed by atoms with E-state index in [1.807, 2.05) is 65.6 Å². The number of rotatable bonds is 5. The van der Waals surface area contributed by atoms with E-state index >= 15 is 0 Å². The van der Waals surface area contributed by atoms with Crippen LogP contribution in [0.1, 0.15) is 27.4 Å². The first-order chi connectivity index (χ1) is 15.1. The van der Waals surface area contributed by atoms with Gasteiger partial charge >= 0.3 is 0 Å². The van der Waals surface area contributed by atoms with Crippen LogP contribution in [0.25, 0.3) is 0 Å². The van der Waals surface area contributed by atoms with Crippen LogP contribution in [0.5, 0.6) is 0 Å². The van der Waals surface area contributed by atoms with Crippen LogP contribution in [0.15, 0.2) is 84.9 Å². The Morgan fingerprint density at radius 2 is 1.26 bits per heavy atom. The molecule has 0 aliphatic carbocycles. The number of piperazine rings is 1. The summed E-state index contributed by atoms with van der Waals surface area (Å²) < 4.78 is 0. The zero-order valence-corrected chi connectivity index (χ0v) is 17.7. The molecule has 1 aliphatic rings. The van der Waals surface area contributed by atoms with Gasteiger partial charge in [-0.25, -0.2) is 0 Å². The van der Waals surface area contributed by atoms with E-state index in [1.165, 1.54) is 0 Å². The Morgan fingerprint density at radius 1 is 0.742 bits per heavy atom. The fraction of sp³-hybridized carbons (Fsp3) is 0.231. The molecule has 3 aromatic carbocycles. The van der Waals surface area contributed by atoms with Crippen LogP contribution in [-0.2, 0) is 4.79 Å². The highest BCUT2D eigenvalue weighted by Gasteiger charge is 2.23. The van der Waals surface area contributed by atoms with Crippen LogP contribution >= 0.6 is 0 Å². The highest BCUT2D eigenvalue weighted by Crippen LogP contribution is 2.26. The molecule has 0 bridgehead atoms. The molecule has 0 spiro atoms. The lowest BCUT2D eigenvalue weighted by atomic mass is 9.90. The molecule has 1 aliphatic heterocycles. The minimum absolute atomic E-state index is 0.0393. The predicted octanol–water partition coefficient (Wildman–Crippen LogP) is 3.84. The monoisotopic (exact) mass is 413 g/mol. The summed E-state index contributed by atoms with van der Waals surface area (Å²) in [5, 5.41) is 3.02. The maximum absolute atomic E-state index is 13.2. The van der Waals surface area contributed by atoms with Crippen molar-refractivity contribution in [3.8, 4) is 0 Å². The van der Waals surface area contributed by atoms with Gasteiger partial charge in [-0.3, -0.25) is 9.59 Å². The quantitative estimate of drug-likeness (QED) is 0.691. The van der Waals surface area contributed by atoms with Crippen LogP contribution in [-0.4, -0.2) is 54.8 Å². The molecule has 2 amide bonds. The standard InChI is InChI=1S/C26H27N3O2/c1-28-16-18-29(19-17-28)26(31)22-12-14-23(15-13-22)27-25(30)24(20-8-4-2-5-9-20)21-10-6-3-7-11-21/h2-15,24H,16-19H2,1H3,(H,27,30). The van der Waals surface area contributed by atoms with Crippen molar-refractivity contribution in [3.05, 3.63) is 102 Å². The fourth-order valence-electron chi connectivity index (χ4n) is 3.89. The van der Waals surface area contributed by atoms with Gasteiger partial charge in [-0.05, 0) is 42.4 Å². The van der Waals surface area contributed by atoms with E-state index in [0.29, 0.717) is 11.3 Å². The third-order valence-corrected chi connectivity index (χ3v) is 5.72. The van der Waals surface area contributed by atoms with E-state index in [-0.39, 0.29) is 11.8 Å². The second-order valence-electron chi connectivity index (χ2n) is 7.92. The number of nitrogens with zero attached hydrogens (tertiary/aromatic N) is 2. The fourth-order valence-corrected chi connectivity index (χ4v) is 3.89. The number of nitrogens with one attached hydrogen (secondary N) is 1. The van der Waals surface area contributed by atoms with Crippen LogP contribution in [0.2, 0.25) is 0 Å². The average Bonchev–Trinajstić information content (AvgIpc) is 2.81. The molecule has 5 heteroatoms. The van der Waals surface area contributed by atoms with Crippen molar-refractivity contribution >= 4 is 17.5 Å². The van der Waals surface area contributed by atoms with Crippen molar-refractivity contribution < 1.29 is 9.59 Å². The van der Waals surface area contributed by atoms with Crippen LogP contribution in [0.3, 0.4) is 0 Å². The summed E-state index contributed by atoms with van der Waals surface area (Å²) in [6, 6.07) is 26.7. The Balaban J connectivity index is 1.48. The number of carbonyl (C=O) groups excluding carboxylic acids is 2. The van der Waals surface area contributed by atoms with E-state index in [1.54, 1.807) is 24.3 Å². The topological polar surface area (TPSA) is 52.6 Å². The predicted molar refractivity (Wildman–Crippen MR) is 123 cm³/mol. The third-order valence-electron chi connectivity index (χ3n) is 5.72. The highest BCUT2D eigenvalue weighted by atomic mass is 16.2. The number of benzene rings is 3. The van der Waals surface area contributed by atoms with Crippen LogP contribution < -0.4 is 5.32 Å². The Labute approximate surface area is 183 Å². The minimum Gasteiger partial charge on any atom is -0.336 e. The van der Waals surface area contributed by atoms with Gasteiger partial charge in [0.25, 0.3) is 5.91 Å². The molecule has 0 unspecified atom stereocenters. The van der Waals surface area contributed by atoms with Gasteiger partial charge in [-0.2, -0.15) is 0 Å². The average molecular weight is 414 g/mol. The van der Waals surface area contributed by atoms with Crippen molar-refractivity contribution in [3.63, 3.8) is 0 Å². The van der Waals surface area contributed by atoms with Gasteiger partial charge in [0.05, 0.1) is 5.92 Å². The van der Waals surface area contributed by atoms with Crippen molar-refractivity contribution in [2.45, 2.75) is 5.92 Å². The maximum Gasteiger partial charge on any atom is 0.253 e. The summed E-state index contributed by atoms with van der Waals surface area (Å²) in [6.45, 7) is 3.26. The van der Waals surface area contributed by atoms with E-state index in [9.17, 15) is 9.59 Å². The normalized spacial score (nSPS) is 14.5. The molecule has 1 saturated heterocycles. The Bertz CT molecular complexity index is 972. The largest absolute Gasteiger partial charge is 0.336 e. The third kappa shape index (κ3) is 5.01. The van der Waals surface area contributed by atoms with E-state index in [4.69, 9.17) is 0 Å². The molecule has 1 heterocycles. The summed E-state index contributed by atoms with van der Waals surface area (Å²) in [6.07, 6.45) is 0. The zero-order chi connectivity index (χ0) is 21.6. The van der Waals surface area contributed by atoms with E-state index < -0.39 is 5.92 Å². The molecular weight excluding hydrogens is 386 g/mol. The van der Waals surface area contributed by atoms with Gasteiger partial charge in [-0.1, -0.05) is 60.7 Å². The summed E-state index contributed by atoms with van der Waals surface area (Å²) >= 11 is 0. The van der Waals surface area contributed by atoms with Crippen molar-refractivity contribution in [2.24, 2.45) is 0 Å². The Hall–Kier alpha value is -3.44. The van der Waals surface area contributed by atoms with Gasteiger partial charge in [-0.15, -0.1) is 0 Å². The number of carbonyl (C=O) groups is 2. The molecule has 4 rings (SSSR count). The molecule has 3 aromatic rings. The number of hydrogen-bond acceptors (Lipinski definition) is 3. The van der Waals surface area contributed by atoms with Gasteiger partial charge < -0.3 is 15.1 Å². The molecule has 0 saturated carbocycles. The lowest BCUT2D eigenvalue weighted by Crippen LogP contribution is -2.47. The first kappa shape index (κ1) is 20.8. The molecule has 1 N–H and O–H groups in total. The summed E-state index contributed by atoms with van der Waals surface area (Å²) in [5.41, 5.74) is 3.20. The molecule has 0 atom stereocenters.